The van der Waals surface area contributed by atoms with Crippen LogP contribution in [-0.4, -0.2) is 12.4 Å². The zero-order chi connectivity index (χ0) is 8.10. The highest BCUT2D eigenvalue weighted by Crippen LogP contribution is 2.32. The average Bonchev–Trinajstić information content (AvgIpc) is 2.72. The van der Waals surface area contributed by atoms with Gasteiger partial charge in [0.15, 0.2) is 0 Å². The van der Waals surface area contributed by atoms with E-state index >= 15 is 0 Å². The van der Waals surface area contributed by atoms with Crippen LogP contribution in [0, 0.1) is 5.92 Å². The molecule has 2 nitrogen and oxygen atoms in total. The van der Waals surface area contributed by atoms with Crippen LogP contribution in [0.15, 0.2) is 4.99 Å². The van der Waals surface area contributed by atoms with Crippen molar-refractivity contribution in [2.24, 2.45) is 16.6 Å². The largest absolute Gasteiger partial charge is 0.387 e. The highest BCUT2D eigenvalue weighted by molar-refractivity contribution is 5.80. The summed E-state index contributed by atoms with van der Waals surface area (Å²) in [4.78, 5) is 4.29. The lowest BCUT2D eigenvalue weighted by atomic mass is 10.3. The van der Waals surface area contributed by atoms with Crippen molar-refractivity contribution in [3.63, 3.8) is 0 Å². The maximum absolute atomic E-state index is 5.64. The molecule has 1 saturated carbocycles. The third kappa shape index (κ3) is 4.02. The number of nitrogens with two attached hydrogens (primary N) is 1. The van der Waals surface area contributed by atoms with Gasteiger partial charge in [0, 0.05) is 13.0 Å². The molecule has 1 fully saturated rings. The Hall–Kier alpha value is -0.530. The number of amidine groups is 1. The van der Waals surface area contributed by atoms with Crippen LogP contribution in [-0.2, 0) is 0 Å². The fraction of sp³-hybridized carbons (Fsp3) is 0.889. The maximum atomic E-state index is 5.64. The lowest BCUT2D eigenvalue weighted by Crippen LogP contribution is -2.11. The fourth-order valence-electron chi connectivity index (χ4n) is 1.13. The first-order chi connectivity index (χ1) is 5.33. The molecule has 0 bridgehead atoms. The summed E-state index contributed by atoms with van der Waals surface area (Å²) in [5, 5.41) is 0. The minimum atomic E-state index is 0.841. The molecule has 1 rings (SSSR count). The van der Waals surface area contributed by atoms with Crippen LogP contribution in [0.2, 0.25) is 0 Å². The van der Waals surface area contributed by atoms with Gasteiger partial charge in [0.05, 0.1) is 5.84 Å². The molecule has 0 aromatic heterocycles. The van der Waals surface area contributed by atoms with E-state index in [4.69, 9.17) is 5.73 Å². The quantitative estimate of drug-likeness (QED) is 0.477. The number of nitrogens with zero attached hydrogens (tertiary/aromatic N) is 1. The molecular formula is C9H18N2. The van der Waals surface area contributed by atoms with Crippen molar-refractivity contribution in [1.29, 1.82) is 0 Å². The number of hydrogen-bond acceptors (Lipinski definition) is 1. The zero-order valence-electron chi connectivity index (χ0n) is 7.34. The zero-order valence-corrected chi connectivity index (χ0v) is 7.34. The third-order valence-corrected chi connectivity index (χ3v) is 2.06. The van der Waals surface area contributed by atoms with E-state index in [1.165, 1.54) is 19.3 Å². The van der Waals surface area contributed by atoms with Crippen molar-refractivity contribution in [3.8, 4) is 0 Å². The maximum Gasteiger partial charge on any atom is 0.0936 e. The van der Waals surface area contributed by atoms with Crippen LogP contribution < -0.4 is 5.73 Å². The SMILES string of the molecule is CCCC(N)=NCCC1CC1. The Morgan fingerprint density at radius 2 is 2.27 bits per heavy atom. The molecule has 1 aliphatic rings. The molecular weight excluding hydrogens is 136 g/mol. The molecule has 0 amide bonds. The summed E-state index contributed by atoms with van der Waals surface area (Å²) in [5.74, 6) is 1.82. The Balaban J connectivity index is 2.01. The van der Waals surface area contributed by atoms with E-state index in [0.717, 1.165) is 31.1 Å². The smallest absolute Gasteiger partial charge is 0.0936 e. The van der Waals surface area contributed by atoms with Crippen LogP contribution in [0.5, 0.6) is 0 Å². The molecule has 64 valence electrons. The van der Waals surface area contributed by atoms with Crippen molar-refractivity contribution in [3.05, 3.63) is 0 Å². The highest BCUT2D eigenvalue weighted by atomic mass is 14.8. The van der Waals surface area contributed by atoms with Crippen molar-refractivity contribution in [2.45, 2.75) is 39.0 Å². The van der Waals surface area contributed by atoms with Gasteiger partial charge in [-0.2, -0.15) is 0 Å². The lowest BCUT2D eigenvalue weighted by molar-refractivity contribution is 0.737. The summed E-state index contributed by atoms with van der Waals surface area (Å²) in [7, 11) is 0. The number of rotatable bonds is 5. The Kier molecular flexibility index (Phi) is 3.40. The second kappa shape index (κ2) is 4.37. The van der Waals surface area contributed by atoms with Crippen LogP contribution in [0.3, 0.4) is 0 Å². The van der Waals surface area contributed by atoms with Gasteiger partial charge in [-0.05, 0) is 18.8 Å². The average molecular weight is 154 g/mol. The molecule has 0 aromatic carbocycles. The molecule has 0 aliphatic heterocycles. The van der Waals surface area contributed by atoms with Crippen LogP contribution >= 0.6 is 0 Å². The molecule has 2 heteroatoms. The summed E-state index contributed by atoms with van der Waals surface area (Å²) in [6.45, 7) is 3.08. The van der Waals surface area contributed by atoms with E-state index in [1.54, 1.807) is 0 Å². The monoisotopic (exact) mass is 154 g/mol. The molecule has 0 saturated heterocycles. The second-order valence-corrected chi connectivity index (χ2v) is 3.36. The van der Waals surface area contributed by atoms with E-state index < -0.39 is 0 Å². The molecule has 0 heterocycles. The van der Waals surface area contributed by atoms with Crippen LogP contribution in [0.4, 0.5) is 0 Å². The minimum Gasteiger partial charge on any atom is -0.387 e. The van der Waals surface area contributed by atoms with Crippen molar-refractivity contribution >= 4 is 5.84 Å². The van der Waals surface area contributed by atoms with Gasteiger partial charge < -0.3 is 5.73 Å². The first kappa shape index (κ1) is 8.57. The molecule has 0 atom stereocenters. The van der Waals surface area contributed by atoms with E-state index in [2.05, 4.69) is 11.9 Å². The molecule has 1 aliphatic carbocycles. The van der Waals surface area contributed by atoms with E-state index in [0.29, 0.717) is 0 Å². The fourth-order valence-corrected chi connectivity index (χ4v) is 1.13. The van der Waals surface area contributed by atoms with Crippen molar-refractivity contribution < 1.29 is 0 Å². The number of hydrogen-bond donors (Lipinski definition) is 1. The van der Waals surface area contributed by atoms with Gasteiger partial charge in [0.25, 0.3) is 0 Å². The molecule has 0 radical (unpaired) electrons. The highest BCUT2D eigenvalue weighted by Gasteiger charge is 2.19. The molecule has 0 unspecified atom stereocenters. The minimum absolute atomic E-state index is 0.841. The van der Waals surface area contributed by atoms with E-state index in [-0.39, 0.29) is 0 Å². The molecule has 2 N–H and O–H groups in total. The van der Waals surface area contributed by atoms with Crippen molar-refractivity contribution in [1.82, 2.24) is 0 Å². The standard InChI is InChI=1S/C9H18N2/c1-2-3-9(10)11-7-6-8-4-5-8/h8H,2-7H2,1H3,(H2,10,11). The lowest BCUT2D eigenvalue weighted by Gasteiger charge is -1.96. The summed E-state index contributed by atoms with van der Waals surface area (Å²) in [5.41, 5.74) is 5.64. The van der Waals surface area contributed by atoms with E-state index in [1.807, 2.05) is 0 Å². The van der Waals surface area contributed by atoms with Gasteiger partial charge in [0.2, 0.25) is 0 Å². The normalized spacial score (nSPS) is 18.8. The predicted octanol–water partition coefficient (Wildman–Crippen LogP) is 1.94. The van der Waals surface area contributed by atoms with Gasteiger partial charge in [-0.1, -0.05) is 19.8 Å². The first-order valence-electron chi connectivity index (χ1n) is 4.61. The van der Waals surface area contributed by atoms with E-state index in [9.17, 15) is 0 Å². The van der Waals surface area contributed by atoms with Crippen LogP contribution in [0.1, 0.15) is 39.0 Å². The van der Waals surface area contributed by atoms with Gasteiger partial charge >= 0.3 is 0 Å². The molecule has 11 heavy (non-hydrogen) atoms. The predicted molar refractivity (Wildman–Crippen MR) is 48.7 cm³/mol. The molecule has 0 spiro atoms. The Morgan fingerprint density at radius 1 is 1.55 bits per heavy atom. The van der Waals surface area contributed by atoms with Gasteiger partial charge in [-0.25, -0.2) is 0 Å². The summed E-state index contributed by atoms with van der Waals surface area (Å²) < 4.78 is 0. The topological polar surface area (TPSA) is 38.4 Å². The van der Waals surface area contributed by atoms with Crippen LogP contribution in [0.25, 0.3) is 0 Å². The van der Waals surface area contributed by atoms with Gasteiger partial charge in [-0.3, -0.25) is 4.99 Å². The third-order valence-electron chi connectivity index (χ3n) is 2.06. The van der Waals surface area contributed by atoms with Gasteiger partial charge in [0.1, 0.15) is 0 Å². The van der Waals surface area contributed by atoms with Gasteiger partial charge in [-0.15, -0.1) is 0 Å². The number of aliphatic imine (C=N–C) groups is 1. The second-order valence-electron chi connectivity index (χ2n) is 3.36. The Labute approximate surface area is 68.9 Å². The summed E-state index contributed by atoms with van der Waals surface area (Å²) in [6.07, 6.45) is 6.17. The Bertz CT molecular complexity index is 136. The molecule has 0 aromatic rings. The first-order valence-corrected chi connectivity index (χ1v) is 4.61. The summed E-state index contributed by atoms with van der Waals surface area (Å²) >= 11 is 0. The van der Waals surface area contributed by atoms with Crippen molar-refractivity contribution in [2.75, 3.05) is 6.54 Å². The Morgan fingerprint density at radius 3 is 2.82 bits per heavy atom. The summed E-state index contributed by atoms with van der Waals surface area (Å²) in [6, 6.07) is 0.